The summed E-state index contributed by atoms with van der Waals surface area (Å²) in [4.78, 5) is 8.39. The topological polar surface area (TPSA) is 46.5 Å². The molecule has 2 unspecified atom stereocenters. The van der Waals surface area contributed by atoms with Crippen molar-refractivity contribution < 1.29 is 31.1 Å². The van der Waals surface area contributed by atoms with Crippen LogP contribution in [0.2, 0.25) is 0 Å². The van der Waals surface area contributed by atoms with E-state index in [-0.39, 0.29) is 22.5 Å². The molecule has 0 saturated carbocycles. The summed E-state index contributed by atoms with van der Waals surface area (Å²) in [6.07, 6.45) is 0.996. The third kappa shape index (κ3) is 12.5. The first-order valence-electron chi connectivity index (χ1n) is 4.10. The van der Waals surface area contributed by atoms with E-state index in [0.717, 1.165) is 6.42 Å². The number of rotatable bonds is 4. The van der Waals surface area contributed by atoms with Gasteiger partial charge in [0.05, 0.1) is 0 Å². The van der Waals surface area contributed by atoms with Gasteiger partial charge >= 0.3 is 8.25 Å². The Hall–Kier alpha value is 0.539. The fourth-order valence-electron chi connectivity index (χ4n) is 1.30. The Labute approximate surface area is 91.7 Å². The second-order valence-electron chi connectivity index (χ2n) is 4.40. The van der Waals surface area contributed by atoms with E-state index in [1.54, 1.807) is 0 Å². The Morgan fingerprint density at radius 1 is 1.46 bits per heavy atom. The predicted octanol–water partition coefficient (Wildman–Crippen LogP) is 2.72. The van der Waals surface area contributed by atoms with Crippen molar-refractivity contribution in [1.82, 2.24) is 0 Å². The molecule has 3 nitrogen and oxygen atoms in total. The summed E-state index contributed by atoms with van der Waals surface area (Å²) in [6.45, 7) is 8.81. The molecular weight excluding hydrogens is 230 g/mol. The van der Waals surface area contributed by atoms with Crippen LogP contribution in [0.3, 0.4) is 0 Å². The van der Waals surface area contributed by atoms with Crippen molar-refractivity contribution in [3.05, 3.63) is 0 Å². The fourth-order valence-corrected chi connectivity index (χ4v) is 1.68. The van der Waals surface area contributed by atoms with Crippen LogP contribution in [0.1, 0.15) is 34.1 Å². The molecule has 0 saturated heterocycles. The molecule has 0 aliphatic heterocycles. The summed E-state index contributed by atoms with van der Waals surface area (Å²) in [5.41, 5.74) is 0.254. The molecule has 0 aliphatic rings. The van der Waals surface area contributed by atoms with E-state index in [1.807, 2.05) is 6.92 Å². The molecule has 0 spiro atoms. The largest absolute Gasteiger partial charge is 0.694 e. The van der Waals surface area contributed by atoms with Crippen LogP contribution < -0.4 is 0 Å². The Morgan fingerprint density at radius 3 is 2.23 bits per heavy atom. The van der Waals surface area contributed by atoms with Crippen molar-refractivity contribution in [1.29, 1.82) is 0 Å². The second-order valence-corrected chi connectivity index (χ2v) is 5.14. The molecule has 0 aliphatic carbocycles. The van der Waals surface area contributed by atoms with Crippen molar-refractivity contribution in [3.8, 4) is 0 Å². The van der Waals surface area contributed by atoms with E-state index in [1.165, 1.54) is 0 Å². The monoisotopic (exact) mass is 248 g/mol. The first-order valence-corrected chi connectivity index (χ1v) is 5.23. The van der Waals surface area contributed by atoms with Gasteiger partial charge in [-0.05, 0) is 17.8 Å². The third-order valence-electron chi connectivity index (χ3n) is 1.43. The first kappa shape index (κ1) is 16.0. The van der Waals surface area contributed by atoms with Crippen LogP contribution in [0.4, 0.5) is 0 Å². The Morgan fingerprint density at radius 2 is 1.92 bits per heavy atom. The van der Waals surface area contributed by atoms with E-state index >= 15 is 0 Å². The molecule has 0 aromatic carbocycles. The standard InChI is InChI=1S/C8H17O3P.Mn/c1-7(5-8(2,3)4)6-11-12(9)10;/h7H,5-6H2,1-4H3;/p+1. The van der Waals surface area contributed by atoms with E-state index in [0.29, 0.717) is 12.5 Å². The van der Waals surface area contributed by atoms with Gasteiger partial charge in [-0.1, -0.05) is 27.7 Å². The van der Waals surface area contributed by atoms with Gasteiger partial charge in [0, 0.05) is 21.6 Å². The zero-order valence-corrected chi connectivity index (χ0v) is 10.7. The smallest absolute Gasteiger partial charge is 0.133 e. The summed E-state index contributed by atoms with van der Waals surface area (Å²) in [7, 11) is -2.42. The number of hydrogen-bond acceptors (Lipinski definition) is 2. The zero-order chi connectivity index (χ0) is 9.78. The van der Waals surface area contributed by atoms with E-state index in [9.17, 15) is 4.57 Å². The minimum absolute atomic E-state index is 0. The quantitative estimate of drug-likeness (QED) is 0.614. The van der Waals surface area contributed by atoms with Crippen LogP contribution in [-0.4, -0.2) is 11.5 Å². The average molecular weight is 248 g/mol. The van der Waals surface area contributed by atoms with Gasteiger partial charge in [-0.15, -0.1) is 9.42 Å². The molecule has 0 aromatic heterocycles. The van der Waals surface area contributed by atoms with Crippen LogP contribution in [-0.2, 0) is 26.2 Å². The van der Waals surface area contributed by atoms with Crippen LogP contribution in [0, 0.1) is 11.3 Å². The molecule has 1 N–H and O–H groups in total. The van der Waals surface area contributed by atoms with Crippen molar-refractivity contribution in [2.75, 3.05) is 6.61 Å². The molecule has 0 amide bonds. The average Bonchev–Trinajstić information content (AvgIpc) is 1.79. The molecule has 0 bridgehead atoms. The van der Waals surface area contributed by atoms with Crippen LogP contribution in [0.15, 0.2) is 0 Å². The Balaban J connectivity index is 0. The minimum atomic E-state index is -2.42. The van der Waals surface area contributed by atoms with Gasteiger partial charge in [-0.3, -0.25) is 0 Å². The molecule has 1 radical (unpaired) electrons. The summed E-state index contributed by atoms with van der Waals surface area (Å²) in [5, 5.41) is 0. The molecule has 0 fully saturated rings. The molecular formula is C8H18MnO3P+. The van der Waals surface area contributed by atoms with Crippen LogP contribution in [0.25, 0.3) is 0 Å². The van der Waals surface area contributed by atoms with Gasteiger partial charge in [0.25, 0.3) is 0 Å². The number of hydrogen-bond donors (Lipinski definition) is 1. The summed E-state index contributed by atoms with van der Waals surface area (Å²) in [5.74, 6) is 0.330. The molecule has 0 aromatic rings. The zero-order valence-electron chi connectivity index (χ0n) is 8.58. The Kier molecular flexibility index (Phi) is 8.50. The van der Waals surface area contributed by atoms with Gasteiger partial charge in [-0.25, -0.2) is 0 Å². The van der Waals surface area contributed by atoms with Crippen molar-refractivity contribution in [2.45, 2.75) is 34.1 Å². The Bertz CT molecular complexity index is 156. The molecule has 0 rings (SSSR count). The first-order chi connectivity index (χ1) is 5.31. The maximum Gasteiger partial charge on any atom is 0.694 e. The van der Waals surface area contributed by atoms with E-state index < -0.39 is 8.25 Å². The van der Waals surface area contributed by atoms with Crippen molar-refractivity contribution in [2.24, 2.45) is 11.3 Å². The van der Waals surface area contributed by atoms with Gasteiger partial charge in [0.1, 0.15) is 6.61 Å². The fraction of sp³-hybridized carbons (Fsp3) is 1.00. The van der Waals surface area contributed by atoms with Crippen molar-refractivity contribution >= 4 is 8.25 Å². The molecule has 13 heavy (non-hydrogen) atoms. The minimum Gasteiger partial charge on any atom is -0.133 e. The van der Waals surface area contributed by atoms with Crippen LogP contribution >= 0.6 is 8.25 Å². The summed E-state index contributed by atoms with van der Waals surface area (Å²) < 4.78 is 14.8. The van der Waals surface area contributed by atoms with Crippen LogP contribution in [0.5, 0.6) is 0 Å². The third-order valence-corrected chi connectivity index (χ3v) is 1.80. The van der Waals surface area contributed by atoms with E-state index in [2.05, 4.69) is 25.3 Å². The summed E-state index contributed by atoms with van der Waals surface area (Å²) >= 11 is 0. The predicted molar refractivity (Wildman–Crippen MR) is 49.0 cm³/mol. The van der Waals surface area contributed by atoms with Gasteiger partial charge in [-0.2, -0.15) is 0 Å². The van der Waals surface area contributed by atoms with Gasteiger partial charge in [0.2, 0.25) is 0 Å². The van der Waals surface area contributed by atoms with E-state index in [4.69, 9.17) is 4.89 Å². The molecule has 5 heteroatoms. The maximum absolute atomic E-state index is 10.2. The SMILES string of the molecule is CC(CO[P+](=O)O)CC(C)(C)C.[Mn]. The van der Waals surface area contributed by atoms with Gasteiger partial charge in [0.15, 0.2) is 0 Å². The normalized spacial score (nSPS) is 14.7. The molecule has 79 valence electrons. The summed E-state index contributed by atoms with van der Waals surface area (Å²) in [6, 6.07) is 0. The molecule has 0 heterocycles. The molecule has 2 atom stereocenters. The maximum atomic E-state index is 10.2. The van der Waals surface area contributed by atoms with Gasteiger partial charge < -0.3 is 0 Å². The van der Waals surface area contributed by atoms with Crippen molar-refractivity contribution in [3.63, 3.8) is 0 Å². The second kappa shape index (κ2) is 6.91.